The van der Waals surface area contributed by atoms with Crippen molar-refractivity contribution < 1.29 is 14.6 Å². The van der Waals surface area contributed by atoms with Gasteiger partial charge in [0.2, 0.25) is 0 Å². The van der Waals surface area contributed by atoms with Gasteiger partial charge < -0.3 is 9.84 Å². The van der Waals surface area contributed by atoms with E-state index < -0.39 is 5.97 Å². The van der Waals surface area contributed by atoms with Gasteiger partial charge in [0.25, 0.3) is 0 Å². The summed E-state index contributed by atoms with van der Waals surface area (Å²) in [6, 6.07) is 7.57. The number of nitrogens with one attached hydrogen (secondary N) is 1. The quantitative estimate of drug-likeness (QED) is 0.865. The zero-order valence-corrected chi connectivity index (χ0v) is 10.9. The van der Waals surface area contributed by atoms with Crippen LogP contribution in [0.2, 0.25) is 0 Å². The van der Waals surface area contributed by atoms with Crippen molar-refractivity contribution in [2.45, 2.75) is 19.8 Å². The lowest BCUT2D eigenvalue weighted by Gasteiger charge is -2.08. The molecule has 1 aromatic carbocycles. The first-order chi connectivity index (χ1) is 9.13. The number of nitrogens with zero attached hydrogens (tertiary/aromatic N) is 1. The number of H-pyrrole nitrogens is 1. The molecule has 0 bridgehead atoms. The van der Waals surface area contributed by atoms with Crippen molar-refractivity contribution in [3.63, 3.8) is 0 Å². The number of aliphatic carboxylic acids is 1. The number of carboxylic acids is 1. The van der Waals surface area contributed by atoms with Crippen molar-refractivity contribution in [3.05, 3.63) is 35.5 Å². The topological polar surface area (TPSA) is 75.2 Å². The van der Waals surface area contributed by atoms with Crippen LogP contribution in [0, 0.1) is 6.92 Å². The Labute approximate surface area is 111 Å². The molecular formula is C14H16N2O3. The van der Waals surface area contributed by atoms with E-state index in [0.717, 1.165) is 28.3 Å². The number of hydrogen-bond donors (Lipinski definition) is 2. The number of para-hydroxylation sites is 1. The summed E-state index contributed by atoms with van der Waals surface area (Å²) in [5.74, 6) is -0.0860. The standard InChI is InChI=1S/C14H16N2O3/c1-9-10(7-8-13(17)18)14(16-15-9)11-5-3-4-6-12(11)19-2/h3-6H,7-8H2,1-2H3,(H,15,16)(H,17,18). The van der Waals surface area contributed by atoms with Crippen LogP contribution in [0.4, 0.5) is 0 Å². The first kappa shape index (κ1) is 13.1. The molecule has 100 valence electrons. The van der Waals surface area contributed by atoms with E-state index in [9.17, 15) is 4.79 Å². The van der Waals surface area contributed by atoms with E-state index >= 15 is 0 Å². The zero-order valence-electron chi connectivity index (χ0n) is 10.9. The van der Waals surface area contributed by atoms with Gasteiger partial charge in [-0.1, -0.05) is 12.1 Å². The van der Waals surface area contributed by atoms with Gasteiger partial charge in [0, 0.05) is 23.2 Å². The number of carbonyl (C=O) groups is 1. The van der Waals surface area contributed by atoms with E-state index in [4.69, 9.17) is 9.84 Å². The number of rotatable bonds is 5. The Bertz CT molecular complexity index is 590. The van der Waals surface area contributed by atoms with Gasteiger partial charge >= 0.3 is 5.97 Å². The zero-order chi connectivity index (χ0) is 13.8. The van der Waals surface area contributed by atoms with Crippen LogP contribution in [0.3, 0.4) is 0 Å². The van der Waals surface area contributed by atoms with Crippen molar-refractivity contribution in [2.24, 2.45) is 0 Å². The van der Waals surface area contributed by atoms with Crippen molar-refractivity contribution in [2.75, 3.05) is 7.11 Å². The fraction of sp³-hybridized carbons (Fsp3) is 0.286. The van der Waals surface area contributed by atoms with E-state index in [1.54, 1.807) is 7.11 Å². The summed E-state index contributed by atoms with van der Waals surface area (Å²) < 4.78 is 5.32. The number of aromatic nitrogens is 2. The average Bonchev–Trinajstić information content (AvgIpc) is 2.77. The van der Waals surface area contributed by atoms with Gasteiger partial charge in [0.15, 0.2) is 0 Å². The molecule has 0 atom stereocenters. The fourth-order valence-corrected chi connectivity index (χ4v) is 2.05. The second-order valence-corrected chi connectivity index (χ2v) is 4.27. The van der Waals surface area contributed by atoms with E-state index in [-0.39, 0.29) is 6.42 Å². The summed E-state index contributed by atoms with van der Waals surface area (Å²) in [6.45, 7) is 1.89. The summed E-state index contributed by atoms with van der Waals surface area (Å²) in [4.78, 5) is 10.7. The Morgan fingerprint density at radius 1 is 1.42 bits per heavy atom. The minimum absolute atomic E-state index is 0.0858. The third-order valence-corrected chi connectivity index (χ3v) is 3.02. The monoisotopic (exact) mass is 260 g/mol. The van der Waals surface area contributed by atoms with Crippen LogP contribution in [0.5, 0.6) is 5.75 Å². The van der Waals surface area contributed by atoms with Gasteiger partial charge in [-0.2, -0.15) is 5.10 Å². The molecule has 1 heterocycles. The maximum absolute atomic E-state index is 10.7. The van der Waals surface area contributed by atoms with Crippen molar-refractivity contribution >= 4 is 5.97 Å². The first-order valence-corrected chi connectivity index (χ1v) is 6.02. The van der Waals surface area contributed by atoms with Crippen LogP contribution in [-0.2, 0) is 11.2 Å². The Morgan fingerprint density at radius 3 is 2.84 bits per heavy atom. The normalized spacial score (nSPS) is 10.4. The van der Waals surface area contributed by atoms with Crippen LogP contribution in [-0.4, -0.2) is 28.4 Å². The number of hydrogen-bond acceptors (Lipinski definition) is 3. The van der Waals surface area contributed by atoms with Crippen molar-refractivity contribution in [1.29, 1.82) is 0 Å². The SMILES string of the molecule is COc1ccccc1-c1n[nH]c(C)c1CCC(=O)O. The molecule has 2 N–H and O–H groups in total. The van der Waals surface area contributed by atoms with E-state index in [0.29, 0.717) is 6.42 Å². The molecule has 1 aromatic heterocycles. The van der Waals surface area contributed by atoms with Gasteiger partial charge in [0.05, 0.1) is 12.8 Å². The van der Waals surface area contributed by atoms with E-state index in [1.165, 1.54) is 0 Å². The van der Waals surface area contributed by atoms with Crippen LogP contribution in [0.15, 0.2) is 24.3 Å². The Kier molecular flexibility index (Phi) is 3.85. The fourth-order valence-electron chi connectivity index (χ4n) is 2.05. The molecule has 19 heavy (non-hydrogen) atoms. The van der Waals surface area contributed by atoms with Crippen molar-refractivity contribution in [3.8, 4) is 17.0 Å². The molecule has 0 radical (unpaired) electrons. The third kappa shape index (κ3) is 2.76. The lowest BCUT2D eigenvalue weighted by Crippen LogP contribution is -1.99. The molecule has 0 aliphatic heterocycles. The van der Waals surface area contributed by atoms with Gasteiger partial charge in [-0.3, -0.25) is 9.89 Å². The number of ether oxygens (including phenoxy) is 1. The van der Waals surface area contributed by atoms with Crippen LogP contribution in [0.1, 0.15) is 17.7 Å². The summed E-state index contributed by atoms with van der Waals surface area (Å²) in [5, 5.41) is 16.0. The predicted molar refractivity (Wildman–Crippen MR) is 71.3 cm³/mol. The van der Waals surface area contributed by atoms with E-state index in [1.807, 2.05) is 31.2 Å². The molecule has 0 amide bonds. The average molecular weight is 260 g/mol. The van der Waals surface area contributed by atoms with Crippen molar-refractivity contribution in [1.82, 2.24) is 10.2 Å². The van der Waals surface area contributed by atoms with E-state index in [2.05, 4.69) is 10.2 Å². The summed E-state index contributed by atoms with van der Waals surface area (Å²) in [7, 11) is 1.61. The smallest absolute Gasteiger partial charge is 0.303 e. The molecule has 2 rings (SSSR count). The number of aromatic amines is 1. The Morgan fingerprint density at radius 2 is 2.16 bits per heavy atom. The number of carboxylic acid groups (broad SMARTS) is 1. The molecule has 0 saturated heterocycles. The highest BCUT2D eigenvalue weighted by Gasteiger charge is 2.16. The maximum atomic E-state index is 10.7. The highest BCUT2D eigenvalue weighted by atomic mass is 16.5. The Hall–Kier alpha value is -2.30. The molecule has 0 saturated carbocycles. The van der Waals surface area contributed by atoms with Crippen LogP contribution < -0.4 is 4.74 Å². The summed E-state index contributed by atoms with van der Waals surface area (Å²) >= 11 is 0. The van der Waals surface area contributed by atoms with Gasteiger partial charge in [-0.05, 0) is 25.5 Å². The van der Waals surface area contributed by atoms with Crippen LogP contribution >= 0.6 is 0 Å². The highest BCUT2D eigenvalue weighted by molar-refractivity contribution is 5.72. The van der Waals surface area contributed by atoms with Gasteiger partial charge in [-0.15, -0.1) is 0 Å². The molecule has 0 spiro atoms. The third-order valence-electron chi connectivity index (χ3n) is 3.02. The molecule has 0 aliphatic carbocycles. The lowest BCUT2D eigenvalue weighted by molar-refractivity contribution is -0.136. The molecule has 0 unspecified atom stereocenters. The molecular weight excluding hydrogens is 244 g/mol. The minimum atomic E-state index is -0.813. The maximum Gasteiger partial charge on any atom is 0.303 e. The second kappa shape index (κ2) is 5.56. The van der Waals surface area contributed by atoms with Gasteiger partial charge in [0.1, 0.15) is 5.75 Å². The van der Waals surface area contributed by atoms with Crippen LogP contribution in [0.25, 0.3) is 11.3 Å². The first-order valence-electron chi connectivity index (χ1n) is 6.02. The predicted octanol–water partition coefficient (Wildman–Crippen LogP) is 2.41. The minimum Gasteiger partial charge on any atom is -0.496 e. The lowest BCUT2D eigenvalue weighted by atomic mass is 10.0. The molecule has 0 aliphatic rings. The summed E-state index contributed by atoms with van der Waals surface area (Å²) in [6.07, 6.45) is 0.535. The second-order valence-electron chi connectivity index (χ2n) is 4.27. The highest BCUT2D eigenvalue weighted by Crippen LogP contribution is 2.32. The largest absolute Gasteiger partial charge is 0.496 e. The summed E-state index contributed by atoms with van der Waals surface area (Å²) in [5.41, 5.74) is 3.44. The molecule has 0 fully saturated rings. The molecule has 5 nitrogen and oxygen atoms in total. The molecule has 2 aromatic rings. The number of aryl methyl sites for hydroxylation is 1. The number of benzene rings is 1. The van der Waals surface area contributed by atoms with Gasteiger partial charge in [-0.25, -0.2) is 0 Å². The Balaban J connectivity index is 2.42. The number of methoxy groups -OCH3 is 1. The molecule has 5 heteroatoms.